The van der Waals surface area contributed by atoms with Gasteiger partial charge in [0.15, 0.2) is 0 Å². The van der Waals surface area contributed by atoms with Gasteiger partial charge in [0.05, 0.1) is 0 Å². The van der Waals surface area contributed by atoms with Crippen molar-refractivity contribution in [3.05, 3.63) is 23.8 Å². The van der Waals surface area contributed by atoms with Crippen LogP contribution in [0, 0.1) is 12.8 Å². The fourth-order valence-electron chi connectivity index (χ4n) is 2.42. The molecule has 1 saturated carbocycles. The van der Waals surface area contributed by atoms with Crippen LogP contribution in [0.25, 0.3) is 0 Å². The zero-order valence-corrected chi connectivity index (χ0v) is 13.4. The van der Waals surface area contributed by atoms with Crippen LogP contribution in [-0.2, 0) is 4.79 Å². The molecule has 1 aromatic carbocycles. The minimum Gasteiger partial charge on any atom is -0.399 e. The normalized spacial score (nSPS) is 14.7. The van der Waals surface area contributed by atoms with E-state index in [1.54, 1.807) is 0 Å². The fourth-order valence-corrected chi connectivity index (χ4v) is 2.42. The molecular weight excluding hydrogens is 262 g/mol. The number of carbonyl (C=O) groups excluding carboxylic acids is 1. The third-order valence-corrected chi connectivity index (χ3v) is 4.08. The van der Waals surface area contributed by atoms with E-state index in [9.17, 15) is 4.79 Å². The highest BCUT2D eigenvalue weighted by Crippen LogP contribution is 2.30. The lowest BCUT2D eigenvalue weighted by Crippen LogP contribution is -2.35. The van der Waals surface area contributed by atoms with Gasteiger partial charge >= 0.3 is 0 Å². The second kappa shape index (κ2) is 6.94. The van der Waals surface area contributed by atoms with Crippen molar-refractivity contribution in [2.75, 3.05) is 24.1 Å². The molecule has 4 heteroatoms. The lowest BCUT2D eigenvalue weighted by atomic mass is 10.1. The summed E-state index contributed by atoms with van der Waals surface area (Å²) in [5.41, 5.74) is 8.30. The summed E-state index contributed by atoms with van der Waals surface area (Å²) in [7, 11) is 0. The molecule has 0 aliphatic heterocycles. The average Bonchev–Trinajstić information content (AvgIpc) is 3.22. The summed E-state index contributed by atoms with van der Waals surface area (Å²) < 4.78 is 0. The molecule has 0 bridgehead atoms. The summed E-state index contributed by atoms with van der Waals surface area (Å²) in [6.45, 7) is 8.32. The summed E-state index contributed by atoms with van der Waals surface area (Å²) in [5, 5.41) is 2.97. The van der Waals surface area contributed by atoms with Gasteiger partial charge in [-0.2, -0.15) is 0 Å². The molecule has 2 rings (SSSR count). The number of benzene rings is 1. The van der Waals surface area contributed by atoms with Crippen LogP contribution in [0.5, 0.6) is 0 Å². The number of nitrogen functional groups attached to an aromatic ring is 1. The summed E-state index contributed by atoms with van der Waals surface area (Å²) in [6, 6.07) is 6.09. The van der Waals surface area contributed by atoms with Crippen molar-refractivity contribution in [1.82, 2.24) is 4.90 Å². The van der Waals surface area contributed by atoms with Crippen molar-refractivity contribution >= 4 is 17.3 Å². The molecule has 1 aliphatic rings. The Kier molecular flexibility index (Phi) is 5.23. The molecule has 0 atom stereocenters. The molecule has 0 heterocycles. The molecule has 0 aromatic heterocycles. The molecule has 0 unspecified atom stereocenters. The van der Waals surface area contributed by atoms with E-state index in [0.29, 0.717) is 18.2 Å². The van der Waals surface area contributed by atoms with Crippen LogP contribution in [0.3, 0.4) is 0 Å². The van der Waals surface area contributed by atoms with E-state index < -0.39 is 0 Å². The van der Waals surface area contributed by atoms with Crippen molar-refractivity contribution in [2.45, 2.75) is 46.1 Å². The second-order valence-electron chi connectivity index (χ2n) is 6.40. The van der Waals surface area contributed by atoms with Gasteiger partial charge in [-0.3, -0.25) is 4.79 Å². The van der Waals surface area contributed by atoms with Gasteiger partial charge in [-0.05, 0) is 57.2 Å². The van der Waals surface area contributed by atoms with Gasteiger partial charge < -0.3 is 16.0 Å². The largest absolute Gasteiger partial charge is 0.399 e. The first-order valence-electron chi connectivity index (χ1n) is 7.85. The first kappa shape index (κ1) is 15.8. The molecule has 116 valence electrons. The van der Waals surface area contributed by atoms with Crippen LogP contribution in [0.2, 0.25) is 0 Å². The Morgan fingerprint density at radius 1 is 1.43 bits per heavy atom. The number of nitrogens with two attached hydrogens (primary N) is 1. The molecule has 0 saturated heterocycles. The zero-order valence-electron chi connectivity index (χ0n) is 13.4. The first-order chi connectivity index (χ1) is 9.95. The van der Waals surface area contributed by atoms with Crippen molar-refractivity contribution in [1.29, 1.82) is 0 Å². The average molecular weight is 289 g/mol. The number of aryl methyl sites for hydroxylation is 1. The van der Waals surface area contributed by atoms with Gasteiger partial charge in [0.1, 0.15) is 0 Å². The van der Waals surface area contributed by atoms with E-state index in [1.165, 1.54) is 12.8 Å². The Bertz CT molecular complexity index is 495. The van der Waals surface area contributed by atoms with Gasteiger partial charge in [-0.25, -0.2) is 0 Å². The molecule has 1 aliphatic carbocycles. The number of anilines is 2. The Labute approximate surface area is 127 Å². The molecule has 1 amide bonds. The van der Waals surface area contributed by atoms with Crippen LogP contribution in [0.15, 0.2) is 18.2 Å². The van der Waals surface area contributed by atoms with Crippen LogP contribution in [0.1, 0.15) is 38.7 Å². The van der Waals surface area contributed by atoms with Crippen LogP contribution < -0.4 is 11.1 Å². The third kappa shape index (κ3) is 5.05. The monoisotopic (exact) mass is 289 g/mol. The molecule has 0 spiro atoms. The smallest absolute Gasteiger partial charge is 0.225 e. The van der Waals surface area contributed by atoms with Crippen molar-refractivity contribution < 1.29 is 4.79 Å². The molecular formula is C17H27N3O. The number of nitrogens with zero attached hydrogens (tertiary/aromatic N) is 1. The van der Waals surface area contributed by atoms with E-state index in [1.807, 2.05) is 25.1 Å². The first-order valence-corrected chi connectivity index (χ1v) is 7.85. The molecule has 4 nitrogen and oxygen atoms in total. The minimum atomic E-state index is 0.0603. The number of nitrogens with one attached hydrogen (secondary N) is 1. The Morgan fingerprint density at radius 3 is 2.76 bits per heavy atom. The van der Waals surface area contributed by atoms with Gasteiger partial charge in [-0.1, -0.05) is 6.07 Å². The highest BCUT2D eigenvalue weighted by atomic mass is 16.1. The molecule has 21 heavy (non-hydrogen) atoms. The minimum absolute atomic E-state index is 0.0603. The third-order valence-electron chi connectivity index (χ3n) is 4.08. The van der Waals surface area contributed by atoms with E-state index in [2.05, 4.69) is 24.1 Å². The van der Waals surface area contributed by atoms with E-state index in [0.717, 1.165) is 30.3 Å². The topological polar surface area (TPSA) is 58.4 Å². The number of hydrogen-bond acceptors (Lipinski definition) is 3. The van der Waals surface area contributed by atoms with Crippen molar-refractivity contribution in [3.63, 3.8) is 0 Å². The SMILES string of the molecule is Cc1ccc(N)cc1NC(=O)CCN(CC1CC1)C(C)C. The number of hydrogen-bond donors (Lipinski definition) is 2. The lowest BCUT2D eigenvalue weighted by molar-refractivity contribution is -0.116. The molecule has 3 N–H and O–H groups in total. The number of amides is 1. The highest BCUT2D eigenvalue weighted by Gasteiger charge is 2.25. The molecule has 1 aromatic rings. The van der Waals surface area contributed by atoms with Gasteiger partial charge in [0, 0.05) is 36.9 Å². The van der Waals surface area contributed by atoms with Gasteiger partial charge in [0.2, 0.25) is 5.91 Å². The molecule has 1 fully saturated rings. The second-order valence-corrected chi connectivity index (χ2v) is 6.40. The Hall–Kier alpha value is -1.55. The highest BCUT2D eigenvalue weighted by molar-refractivity contribution is 5.92. The maximum atomic E-state index is 12.1. The van der Waals surface area contributed by atoms with Crippen molar-refractivity contribution in [3.8, 4) is 0 Å². The standard InChI is InChI=1S/C17H27N3O/c1-12(2)20(11-14-5-6-14)9-8-17(21)19-16-10-15(18)7-4-13(16)3/h4,7,10,12,14H,5-6,8-9,11,18H2,1-3H3,(H,19,21). The van der Waals surface area contributed by atoms with E-state index in [-0.39, 0.29) is 5.91 Å². The predicted molar refractivity (Wildman–Crippen MR) is 88.3 cm³/mol. The quantitative estimate of drug-likeness (QED) is 0.759. The van der Waals surface area contributed by atoms with Crippen molar-refractivity contribution in [2.24, 2.45) is 5.92 Å². The zero-order chi connectivity index (χ0) is 15.4. The van der Waals surface area contributed by atoms with E-state index in [4.69, 9.17) is 5.73 Å². The maximum Gasteiger partial charge on any atom is 0.225 e. The van der Waals surface area contributed by atoms with Gasteiger partial charge in [-0.15, -0.1) is 0 Å². The summed E-state index contributed by atoms with van der Waals surface area (Å²) in [4.78, 5) is 14.5. The number of rotatable bonds is 7. The van der Waals surface area contributed by atoms with Crippen LogP contribution in [-0.4, -0.2) is 29.9 Å². The van der Waals surface area contributed by atoms with Crippen LogP contribution in [0.4, 0.5) is 11.4 Å². The maximum absolute atomic E-state index is 12.1. The molecule has 0 radical (unpaired) electrons. The fraction of sp³-hybridized carbons (Fsp3) is 0.588. The van der Waals surface area contributed by atoms with E-state index >= 15 is 0 Å². The summed E-state index contributed by atoms with van der Waals surface area (Å²) >= 11 is 0. The van der Waals surface area contributed by atoms with Crippen LogP contribution >= 0.6 is 0 Å². The summed E-state index contributed by atoms with van der Waals surface area (Å²) in [5.74, 6) is 0.914. The Morgan fingerprint density at radius 2 is 2.14 bits per heavy atom. The lowest BCUT2D eigenvalue weighted by Gasteiger charge is -2.26. The number of carbonyl (C=O) groups is 1. The Balaban J connectivity index is 1.84. The summed E-state index contributed by atoms with van der Waals surface area (Å²) in [6.07, 6.45) is 3.22. The van der Waals surface area contributed by atoms with Gasteiger partial charge in [0.25, 0.3) is 0 Å². The predicted octanol–water partition coefficient (Wildman–Crippen LogP) is 3.03.